The highest BCUT2D eigenvalue weighted by Crippen LogP contribution is 2.29. The van der Waals surface area contributed by atoms with Crippen LogP contribution in [0.5, 0.6) is 0 Å². The molecule has 0 heterocycles. The number of benzene rings is 1. The van der Waals surface area contributed by atoms with Gasteiger partial charge in [-0.25, -0.2) is 13.2 Å². The largest absolute Gasteiger partial charge is 0.313 e. The van der Waals surface area contributed by atoms with E-state index in [2.05, 4.69) is 19.2 Å². The van der Waals surface area contributed by atoms with Crippen LogP contribution in [0.3, 0.4) is 0 Å². The molecule has 0 bridgehead atoms. The number of rotatable bonds is 6. The first-order valence-electron chi connectivity index (χ1n) is 6.35. The Morgan fingerprint density at radius 2 is 1.56 bits per heavy atom. The molecule has 0 aliphatic carbocycles. The van der Waals surface area contributed by atoms with Crippen molar-refractivity contribution in [2.75, 3.05) is 7.05 Å². The summed E-state index contributed by atoms with van der Waals surface area (Å²) < 4.78 is 40.2. The molecule has 1 atom stereocenters. The molecule has 0 aromatic heterocycles. The van der Waals surface area contributed by atoms with Crippen molar-refractivity contribution in [1.29, 1.82) is 0 Å². The van der Waals surface area contributed by atoms with Crippen LogP contribution in [0.2, 0.25) is 0 Å². The van der Waals surface area contributed by atoms with Crippen LogP contribution < -0.4 is 5.32 Å². The van der Waals surface area contributed by atoms with Crippen molar-refractivity contribution in [1.82, 2.24) is 5.32 Å². The second kappa shape index (κ2) is 6.78. The molecule has 0 aliphatic heterocycles. The highest BCUT2D eigenvalue weighted by atomic mass is 19.1. The third kappa shape index (κ3) is 3.48. The average molecular weight is 259 g/mol. The van der Waals surface area contributed by atoms with E-state index in [0.29, 0.717) is 12.3 Å². The highest BCUT2D eigenvalue weighted by Gasteiger charge is 2.22. The average Bonchev–Trinajstić information content (AvgIpc) is 2.32. The predicted molar refractivity (Wildman–Crippen MR) is 66.8 cm³/mol. The van der Waals surface area contributed by atoms with Crippen LogP contribution in [0.1, 0.15) is 44.7 Å². The Labute approximate surface area is 106 Å². The molecular formula is C14H20F3N. The normalized spacial score (nSPS) is 13.1. The van der Waals surface area contributed by atoms with Gasteiger partial charge < -0.3 is 5.32 Å². The second-order valence-corrected chi connectivity index (χ2v) is 4.54. The van der Waals surface area contributed by atoms with Gasteiger partial charge in [-0.05, 0) is 19.4 Å². The Balaban J connectivity index is 3.01. The van der Waals surface area contributed by atoms with E-state index in [9.17, 15) is 13.2 Å². The lowest BCUT2D eigenvalue weighted by molar-refractivity contribution is 0.367. The fourth-order valence-corrected chi connectivity index (χ4v) is 2.22. The Morgan fingerprint density at radius 3 is 1.94 bits per heavy atom. The van der Waals surface area contributed by atoms with Gasteiger partial charge in [0.15, 0.2) is 0 Å². The van der Waals surface area contributed by atoms with Crippen molar-refractivity contribution >= 4 is 0 Å². The summed E-state index contributed by atoms with van der Waals surface area (Å²) in [6, 6.07) is 1.04. The Hall–Kier alpha value is -1.03. The standard InChI is InChI=1S/C14H20F3N/c1-4-9(5-2)6-13(18-3)14-11(16)7-10(15)8-12(14)17/h7-9,13,18H,4-6H2,1-3H3. The minimum absolute atomic E-state index is 0.0641. The summed E-state index contributed by atoms with van der Waals surface area (Å²) in [6.45, 7) is 4.11. The van der Waals surface area contributed by atoms with Crippen LogP contribution in [-0.4, -0.2) is 7.05 Å². The first-order chi connectivity index (χ1) is 8.53. The van der Waals surface area contributed by atoms with Gasteiger partial charge in [0, 0.05) is 23.7 Å². The van der Waals surface area contributed by atoms with Gasteiger partial charge in [-0.3, -0.25) is 0 Å². The maximum atomic E-state index is 13.7. The van der Waals surface area contributed by atoms with Crippen molar-refractivity contribution in [2.24, 2.45) is 5.92 Å². The van der Waals surface area contributed by atoms with Crippen molar-refractivity contribution < 1.29 is 13.2 Å². The topological polar surface area (TPSA) is 12.0 Å². The molecule has 0 spiro atoms. The summed E-state index contributed by atoms with van der Waals surface area (Å²) in [4.78, 5) is 0. The molecule has 1 N–H and O–H groups in total. The van der Waals surface area contributed by atoms with Crippen molar-refractivity contribution in [3.05, 3.63) is 35.1 Å². The van der Waals surface area contributed by atoms with E-state index < -0.39 is 23.5 Å². The molecule has 1 rings (SSSR count). The summed E-state index contributed by atoms with van der Waals surface area (Å²) in [5.74, 6) is -2.13. The molecule has 0 saturated carbocycles. The molecule has 0 amide bonds. The SMILES string of the molecule is CCC(CC)CC(NC)c1c(F)cc(F)cc1F. The first-order valence-corrected chi connectivity index (χ1v) is 6.35. The van der Waals surface area contributed by atoms with Crippen LogP contribution in [0, 0.1) is 23.4 Å². The van der Waals surface area contributed by atoms with Gasteiger partial charge in [0.05, 0.1) is 0 Å². The van der Waals surface area contributed by atoms with Gasteiger partial charge in [0.1, 0.15) is 17.5 Å². The zero-order valence-corrected chi connectivity index (χ0v) is 11.1. The molecule has 0 aliphatic rings. The fraction of sp³-hybridized carbons (Fsp3) is 0.571. The quantitative estimate of drug-likeness (QED) is 0.807. The first kappa shape index (κ1) is 15.0. The van der Waals surface area contributed by atoms with Crippen molar-refractivity contribution in [3.8, 4) is 0 Å². The van der Waals surface area contributed by atoms with E-state index in [1.807, 2.05) is 0 Å². The molecule has 1 aromatic carbocycles. The van der Waals surface area contributed by atoms with E-state index >= 15 is 0 Å². The smallest absolute Gasteiger partial charge is 0.133 e. The van der Waals surface area contributed by atoms with Gasteiger partial charge in [-0.2, -0.15) is 0 Å². The summed E-state index contributed by atoms with van der Waals surface area (Å²) in [6.07, 6.45) is 2.56. The van der Waals surface area contributed by atoms with Crippen LogP contribution in [0.4, 0.5) is 13.2 Å². The van der Waals surface area contributed by atoms with Gasteiger partial charge in [0.2, 0.25) is 0 Å². The minimum atomic E-state index is -0.883. The molecular weight excluding hydrogens is 239 g/mol. The summed E-state index contributed by atoms with van der Waals surface area (Å²) in [5, 5.41) is 2.92. The fourth-order valence-electron chi connectivity index (χ4n) is 2.22. The van der Waals surface area contributed by atoms with Crippen LogP contribution in [0.15, 0.2) is 12.1 Å². The summed E-state index contributed by atoms with van der Waals surface area (Å²) in [5.41, 5.74) is -0.0641. The van der Waals surface area contributed by atoms with Gasteiger partial charge in [-0.15, -0.1) is 0 Å². The Morgan fingerprint density at radius 1 is 1.06 bits per heavy atom. The summed E-state index contributed by atoms with van der Waals surface area (Å²) in [7, 11) is 1.66. The maximum Gasteiger partial charge on any atom is 0.133 e. The second-order valence-electron chi connectivity index (χ2n) is 4.54. The van der Waals surface area contributed by atoms with Crippen LogP contribution in [-0.2, 0) is 0 Å². The molecule has 102 valence electrons. The third-order valence-corrected chi connectivity index (χ3v) is 3.46. The van der Waals surface area contributed by atoms with Gasteiger partial charge in [-0.1, -0.05) is 26.7 Å². The lowest BCUT2D eigenvalue weighted by Gasteiger charge is -2.22. The zero-order chi connectivity index (χ0) is 13.7. The molecule has 1 nitrogen and oxygen atoms in total. The molecule has 18 heavy (non-hydrogen) atoms. The number of hydrogen-bond donors (Lipinski definition) is 1. The van der Waals surface area contributed by atoms with Crippen LogP contribution in [0.25, 0.3) is 0 Å². The Kier molecular flexibility index (Phi) is 5.66. The van der Waals surface area contributed by atoms with E-state index in [0.717, 1.165) is 25.0 Å². The molecule has 1 unspecified atom stereocenters. The molecule has 4 heteroatoms. The van der Waals surface area contributed by atoms with E-state index in [1.54, 1.807) is 7.05 Å². The van der Waals surface area contributed by atoms with Crippen LogP contribution >= 0.6 is 0 Å². The predicted octanol–water partition coefficient (Wildman–Crippen LogP) is 4.19. The lowest BCUT2D eigenvalue weighted by Crippen LogP contribution is -2.22. The molecule has 0 saturated heterocycles. The number of hydrogen-bond acceptors (Lipinski definition) is 1. The third-order valence-electron chi connectivity index (χ3n) is 3.46. The Bertz CT molecular complexity index is 366. The van der Waals surface area contributed by atoms with E-state index in [-0.39, 0.29) is 5.56 Å². The number of nitrogens with one attached hydrogen (secondary N) is 1. The molecule has 1 aromatic rings. The highest BCUT2D eigenvalue weighted by molar-refractivity contribution is 5.24. The van der Waals surface area contributed by atoms with Gasteiger partial charge >= 0.3 is 0 Å². The van der Waals surface area contributed by atoms with Gasteiger partial charge in [0.25, 0.3) is 0 Å². The lowest BCUT2D eigenvalue weighted by atomic mass is 9.90. The minimum Gasteiger partial charge on any atom is -0.313 e. The van der Waals surface area contributed by atoms with Crippen molar-refractivity contribution in [2.45, 2.75) is 39.2 Å². The monoisotopic (exact) mass is 259 g/mol. The molecule has 0 radical (unpaired) electrons. The van der Waals surface area contributed by atoms with Crippen molar-refractivity contribution in [3.63, 3.8) is 0 Å². The van der Waals surface area contributed by atoms with E-state index in [1.165, 1.54) is 0 Å². The zero-order valence-electron chi connectivity index (χ0n) is 11.1. The maximum absolute atomic E-state index is 13.7. The summed E-state index contributed by atoms with van der Waals surface area (Å²) >= 11 is 0. The number of halogens is 3. The van der Waals surface area contributed by atoms with E-state index in [4.69, 9.17) is 0 Å². The molecule has 0 fully saturated rings.